The Bertz CT molecular complexity index is 1950. The minimum Gasteiger partial charge on any atom is -0.481 e. The molecule has 2 aromatic carbocycles. The molecule has 3 N–H and O–H groups in total. The summed E-state index contributed by atoms with van der Waals surface area (Å²) in [6.07, 6.45) is 0.558. The second kappa shape index (κ2) is 15.5. The molecule has 0 bridgehead atoms. The van der Waals surface area contributed by atoms with Crippen molar-refractivity contribution < 1.29 is 38.1 Å². The molecule has 3 atom stereocenters. The molecule has 2 saturated heterocycles. The van der Waals surface area contributed by atoms with Gasteiger partial charge in [0.05, 0.1) is 31.2 Å². The fraction of sp³-hybridized carbons (Fsp3) is 0.389. The van der Waals surface area contributed by atoms with Gasteiger partial charge in [0.1, 0.15) is 17.5 Å². The van der Waals surface area contributed by atoms with Crippen LogP contribution in [0.25, 0.3) is 0 Å². The van der Waals surface area contributed by atoms with Crippen LogP contribution in [0.1, 0.15) is 55.4 Å². The number of halogens is 2. The minimum absolute atomic E-state index is 0.114. The number of alkyl carbamates (subject to hydrolysis) is 1. The highest BCUT2D eigenvalue weighted by molar-refractivity contribution is 7.11. The number of aliphatic carboxylic acids is 1. The highest BCUT2D eigenvalue weighted by Gasteiger charge is 2.42. The summed E-state index contributed by atoms with van der Waals surface area (Å²) in [6, 6.07) is 8.72. The third-order valence-electron chi connectivity index (χ3n) is 8.92. The van der Waals surface area contributed by atoms with Gasteiger partial charge in [0.25, 0.3) is 0 Å². The number of carboxylic acids is 1. The lowest BCUT2D eigenvalue weighted by molar-refractivity contribution is -0.138. The Balaban J connectivity index is 1.20. The number of methoxy groups -OCH3 is 1. The van der Waals surface area contributed by atoms with Crippen molar-refractivity contribution in [3.63, 3.8) is 0 Å². The van der Waals surface area contributed by atoms with Crippen LogP contribution in [0.2, 0.25) is 5.02 Å². The number of ether oxygens (including phenoxy) is 2. The SMILES string of the molecule is COC(=O)C1=C(CN2CCN3C(=O)N(c4ccc(C(CC(=O)O)NC(=O)OC(C)(C)C)cc4)CC3C2)NC(c2nccs2)=NC1c1ccc(F)cc1Cl. The maximum absolute atomic E-state index is 14.0. The molecule has 2 fully saturated rings. The van der Waals surface area contributed by atoms with Crippen LogP contribution in [-0.2, 0) is 19.1 Å². The first-order valence-corrected chi connectivity index (χ1v) is 18.1. The highest BCUT2D eigenvalue weighted by atomic mass is 35.5. The first-order chi connectivity index (χ1) is 25.2. The molecule has 53 heavy (non-hydrogen) atoms. The van der Waals surface area contributed by atoms with E-state index in [1.807, 2.05) is 10.3 Å². The molecule has 0 radical (unpaired) electrons. The molecule has 3 aliphatic rings. The standard InChI is InChI=1S/C36H39ClFN7O7S/c1-36(2,3)52-34(49)41-26(16-28(46)47)20-5-8-22(9-6-20)45-18-23-17-43(12-13-44(23)35(45)50)19-27-29(33(48)51-4)30(24-10-7-21(38)15-25(24)37)42-31(40-27)32-39-11-14-53-32/h5-11,14-15,23,26,30H,12-13,16-19H2,1-4H3,(H,40,42)(H,41,49)(H,46,47). The molecule has 3 aromatic rings. The van der Waals surface area contributed by atoms with Crippen molar-refractivity contribution in [1.29, 1.82) is 0 Å². The predicted octanol–water partition coefficient (Wildman–Crippen LogP) is 5.12. The monoisotopic (exact) mass is 767 g/mol. The van der Waals surface area contributed by atoms with E-state index in [0.717, 1.165) is 0 Å². The number of carbonyl (C=O) groups excluding carboxylic acids is 3. The maximum Gasteiger partial charge on any atom is 0.408 e. The van der Waals surface area contributed by atoms with E-state index in [-0.39, 0.29) is 35.6 Å². The van der Waals surface area contributed by atoms with E-state index in [2.05, 4.69) is 20.5 Å². The van der Waals surface area contributed by atoms with Crippen LogP contribution in [0.5, 0.6) is 0 Å². The summed E-state index contributed by atoms with van der Waals surface area (Å²) in [5.74, 6) is -1.79. The number of fused-ring (bicyclic) bond motifs is 1. The molecule has 3 unspecified atom stereocenters. The van der Waals surface area contributed by atoms with Crippen molar-refractivity contribution in [2.24, 2.45) is 4.99 Å². The number of nitrogens with zero attached hydrogens (tertiary/aromatic N) is 5. The van der Waals surface area contributed by atoms with Crippen molar-refractivity contribution in [3.8, 4) is 0 Å². The summed E-state index contributed by atoms with van der Waals surface area (Å²) >= 11 is 7.86. The van der Waals surface area contributed by atoms with Crippen LogP contribution in [0.3, 0.4) is 0 Å². The number of amides is 3. The van der Waals surface area contributed by atoms with Crippen molar-refractivity contribution in [2.75, 3.05) is 44.7 Å². The number of thiazole rings is 1. The first kappa shape index (κ1) is 37.7. The quantitative estimate of drug-likeness (QED) is 0.236. The van der Waals surface area contributed by atoms with Gasteiger partial charge in [-0.2, -0.15) is 0 Å². The molecular formula is C36H39ClFN7O7S. The van der Waals surface area contributed by atoms with Crippen LogP contribution in [-0.4, -0.2) is 101 Å². The van der Waals surface area contributed by atoms with Crippen LogP contribution in [0.4, 0.5) is 19.7 Å². The van der Waals surface area contributed by atoms with E-state index in [1.54, 1.807) is 56.1 Å². The number of carboxylic acid groups (broad SMARTS) is 1. The fourth-order valence-corrected chi connectivity index (χ4v) is 7.44. The lowest BCUT2D eigenvalue weighted by atomic mass is 9.95. The minimum atomic E-state index is -1.09. The normalized spacial score (nSPS) is 19.7. The third kappa shape index (κ3) is 8.61. The van der Waals surface area contributed by atoms with E-state index in [1.165, 1.54) is 36.6 Å². The molecule has 280 valence electrons. The molecule has 1 aromatic heterocycles. The van der Waals surface area contributed by atoms with Gasteiger partial charge < -0.3 is 30.1 Å². The van der Waals surface area contributed by atoms with Crippen molar-refractivity contribution in [2.45, 2.75) is 50.9 Å². The van der Waals surface area contributed by atoms with Crippen LogP contribution < -0.4 is 15.5 Å². The molecule has 14 nitrogen and oxygen atoms in total. The molecule has 0 saturated carbocycles. The first-order valence-electron chi connectivity index (χ1n) is 16.8. The van der Waals surface area contributed by atoms with Crippen molar-refractivity contribution >= 4 is 58.5 Å². The fourth-order valence-electron chi connectivity index (χ4n) is 6.59. The van der Waals surface area contributed by atoms with E-state index >= 15 is 0 Å². The second-order valence-corrected chi connectivity index (χ2v) is 15.1. The smallest absolute Gasteiger partial charge is 0.408 e. The summed E-state index contributed by atoms with van der Waals surface area (Å²) in [4.78, 5) is 65.9. The predicted molar refractivity (Wildman–Crippen MR) is 195 cm³/mol. The zero-order chi connectivity index (χ0) is 38.0. The number of aliphatic imine (C=N–C) groups is 1. The van der Waals surface area contributed by atoms with Crippen molar-refractivity contribution in [1.82, 2.24) is 25.4 Å². The summed E-state index contributed by atoms with van der Waals surface area (Å²) in [6.45, 7) is 7.25. The Morgan fingerprint density at radius 2 is 1.91 bits per heavy atom. The number of hydrogen-bond acceptors (Lipinski definition) is 11. The molecule has 0 aliphatic carbocycles. The average Bonchev–Trinajstić information content (AvgIpc) is 3.75. The Hall–Kier alpha value is -5.06. The van der Waals surface area contributed by atoms with Gasteiger partial charge in [0.2, 0.25) is 0 Å². The number of carbonyl (C=O) groups is 4. The van der Waals surface area contributed by atoms with Gasteiger partial charge in [-0.05, 0) is 50.6 Å². The lowest BCUT2D eigenvalue weighted by Gasteiger charge is -2.38. The Morgan fingerprint density at radius 3 is 2.55 bits per heavy atom. The molecule has 3 aliphatic heterocycles. The average molecular weight is 768 g/mol. The lowest BCUT2D eigenvalue weighted by Crippen LogP contribution is -2.53. The third-order valence-corrected chi connectivity index (χ3v) is 10.0. The number of esters is 1. The van der Waals surface area contributed by atoms with E-state index in [0.29, 0.717) is 59.5 Å². The maximum atomic E-state index is 14.0. The Morgan fingerprint density at radius 1 is 1.15 bits per heavy atom. The van der Waals surface area contributed by atoms with Gasteiger partial charge in [-0.25, -0.2) is 23.8 Å². The molecule has 4 heterocycles. The number of hydrogen-bond donors (Lipinski definition) is 3. The van der Waals surface area contributed by atoms with E-state index < -0.39 is 41.5 Å². The summed E-state index contributed by atoms with van der Waals surface area (Å²) in [5, 5.41) is 17.9. The zero-order valence-corrected chi connectivity index (χ0v) is 31.0. The second-order valence-electron chi connectivity index (χ2n) is 13.8. The van der Waals surface area contributed by atoms with Gasteiger partial charge in [0, 0.05) is 66.3 Å². The van der Waals surface area contributed by atoms with Gasteiger partial charge in [-0.15, -0.1) is 11.3 Å². The molecule has 6 rings (SSSR count). The number of piperazine rings is 1. The number of urea groups is 1. The van der Waals surface area contributed by atoms with Crippen LogP contribution >= 0.6 is 22.9 Å². The molecule has 17 heteroatoms. The Kier molecular flexibility index (Phi) is 11.0. The Labute approximate surface area is 314 Å². The summed E-state index contributed by atoms with van der Waals surface area (Å²) in [7, 11) is 1.28. The van der Waals surface area contributed by atoms with Crippen LogP contribution in [0, 0.1) is 5.82 Å². The van der Waals surface area contributed by atoms with E-state index in [9.17, 15) is 28.7 Å². The number of nitrogens with one attached hydrogen (secondary N) is 2. The summed E-state index contributed by atoms with van der Waals surface area (Å²) in [5.41, 5.74) is 1.61. The zero-order valence-electron chi connectivity index (χ0n) is 29.5. The number of aromatic nitrogens is 1. The van der Waals surface area contributed by atoms with E-state index in [4.69, 9.17) is 26.1 Å². The summed E-state index contributed by atoms with van der Waals surface area (Å²) < 4.78 is 24.6. The van der Waals surface area contributed by atoms with Gasteiger partial charge in [-0.3, -0.25) is 19.6 Å². The van der Waals surface area contributed by atoms with Crippen molar-refractivity contribution in [3.05, 3.63) is 92.3 Å². The van der Waals surface area contributed by atoms with Gasteiger partial charge in [-0.1, -0.05) is 29.8 Å². The number of anilines is 1. The topological polar surface area (TPSA) is 166 Å². The number of rotatable bonds is 10. The molecule has 3 amide bonds. The molecule has 0 spiro atoms. The van der Waals surface area contributed by atoms with Crippen LogP contribution in [0.15, 0.2) is 70.3 Å². The largest absolute Gasteiger partial charge is 0.481 e. The highest BCUT2D eigenvalue weighted by Crippen LogP contribution is 2.37. The van der Waals surface area contributed by atoms with Gasteiger partial charge >= 0.3 is 24.1 Å². The number of benzene rings is 2. The van der Waals surface area contributed by atoms with Gasteiger partial charge in [0.15, 0.2) is 10.8 Å². The molecular weight excluding hydrogens is 729 g/mol. The number of amidine groups is 1.